The van der Waals surface area contributed by atoms with Crippen LogP contribution in [0.4, 0.5) is 0 Å². The van der Waals surface area contributed by atoms with Gasteiger partial charge in [-0.2, -0.15) is 0 Å². The number of rotatable bonds is 14. The van der Waals surface area contributed by atoms with Gasteiger partial charge in [0.15, 0.2) is 0 Å². The summed E-state index contributed by atoms with van der Waals surface area (Å²) in [7, 11) is 0. The van der Waals surface area contributed by atoms with E-state index >= 15 is 0 Å². The summed E-state index contributed by atoms with van der Waals surface area (Å²) in [4.78, 5) is 79.0. The minimum absolute atomic E-state index is 0.171. The summed E-state index contributed by atoms with van der Waals surface area (Å²) in [6, 6.07) is 4.55. The molecular weight excluding hydrogens is 542 g/mol. The first kappa shape index (κ1) is 32.7. The first-order valence-corrected chi connectivity index (χ1v) is 14.7. The van der Waals surface area contributed by atoms with Gasteiger partial charge in [-0.3, -0.25) is 28.8 Å². The van der Waals surface area contributed by atoms with Gasteiger partial charge in [-0.25, -0.2) is 0 Å². The van der Waals surface area contributed by atoms with E-state index in [9.17, 15) is 33.9 Å². The van der Waals surface area contributed by atoms with Crippen molar-refractivity contribution in [2.24, 2.45) is 11.7 Å². The van der Waals surface area contributed by atoms with Gasteiger partial charge in [0.25, 0.3) is 0 Å². The molecule has 42 heavy (non-hydrogen) atoms. The van der Waals surface area contributed by atoms with Crippen LogP contribution in [0.2, 0.25) is 0 Å². The molecule has 0 aliphatic carbocycles. The van der Waals surface area contributed by atoms with E-state index in [-0.39, 0.29) is 37.6 Å². The monoisotopic (exact) mass is 584 g/mol. The van der Waals surface area contributed by atoms with E-state index in [1.165, 1.54) is 9.80 Å². The maximum absolute atomic E-state index is 13.7. The Hall–Kier alpha value is -3.80. The zero-order chi connectivity index (χ0) is 30.8. The quantitative estimate of drug-likeness (QED) is 0.244. The molecule has 1 aromatic carbocycles. The molecule has 0 spiro atoms. The molecular formula is C30H42N5O7. The molecule has 0 bridgehead atoms. The number of likely N-dealkylation sites (tertiary alicyclic amines) is 2. The normalized spacial score (nSPS) is 21.2. The van der Waals surface area contributed by atoms with Gasteiger partial charge in [-0.05, 0) is 50.0 Å². The molecule has 0 saturated carbocycles. The largest absolute Gasteiger partial charge is 0.481 e. The highest BCUT2D eigenvalue weighted by Crippen LogP contribution is 2.23. The van der Waals surface area contributed by atoms with E-state index in [0.717, 1.165) is 5.56 Å². The maximum Gasteiger partial charge on any atom is 0.303 e. The number of carbonyl (C=O) groups excluding carboxylic acids is 5. The molecule has 12 nitrogen and oxygen atoms in total. The zero-order valence-electron chi connectivity index (χ0n) is 24.3. The predicted octanol–water partition coefficient (Wildman–Crippen LogP) is 0.529. The average molecular weight is 585 g/mol. The van der Waals surface area contributed by atoms with Gasteiger partial charge < -0.3 is 31.3 Å². The topological polar surface area (TPSA) is 179 Å². The number of hydrogen-bond acceptors (Lipinski definition) is 7. The summed E-state index contributed by atoms with van der Waals surface area (Å²) >= 11 is 0. The Bertz CT molecular complexity index is 1130. The van der Waals surface area contributed by atoms with Crippen LogP contribution in [0.1, 0.15) is 64.4 Å². The van der Waals surface area contributed by atoms with Crippen LogP contribution in [0, 0.1) is 5.92 Å². The summed E-state index contributed by atoms with van der Waals surface area (Å²) in [5, 5.41) is 14.7. The van der Waals surface area contributed by atoms with E-state index in [0.29, 0.717) is 38.6 Å². The van der Waals surface area contributed by atoms with Gasteiger partial charge >= 0.3 is 5.97 Å². The Morgan fingerprint density at radius 3 is 2.33 bits per heavy atom. The molecule has 1 aromatic rings. The molecule has 1 radical (unpaired) electrons. The van der Waals surface area contributed by atoms with Crippen LogP contribution >= 0.6 is 0 Å². The second kappa shape index (κ2) is 15.4. The van der Waals surface area contributed by atoms with Crippen LogP contribution in [-0.2, 0) is 35.2 Å². The number of hydrogen-bond donors (Lipinski definition) is 4. The van der Waals surface area contributed by atoms with Crippen molar-refractivity contribution in [2.75, 3.05) is 13.1 Å². The Morgan fingerprint density at radius 1 is 1.02 bits per heavy atom. The van der Waals surface area contributed by atoms with Gasteiger partial charge in [0.2, 0.25) is 29.9 Å². The van der Waals surface area contributed by atoms with Gasteiger partial charge in [-0.1, -0.05) is 50.6 Å². The Kier molecular flexibility index (Phi) is 12.0. The molecule has 2 fully saturated rings. The third-order valence-corrected chi connectivity index (χ3v) is 8.18. The van der Waals surface area contributed by atoms with Crippen molar-refractivity contribution in [3.05, 3.63) is 35.9 Å². The Morgan fingerprint density at radius 2 is 1.69 bits per heavy atom. The molecule has 12 heteroatoms. The fourth-order valence-corrected chi connectivity index (χ4v) is 5.53. The first-order valence-electron chi connectivity index (χ1n) is 14.7. The molecule has 229 valence electrons. The average Bonchev–Trinajstić information content (AvgIpc) is 3.67. The van der Waals surface area contributed by atoms with Crippen molar-refractivity contribution in [3.63, 3.8) is 0 Å². The Labute approximate surface area is 246 Å². The van der Waals surface area contributed by atoms with Gasteiger partial charge in [0, 0.05) is 19.5 Å². The number of nitrogens with two attached hydrogens (primary N) is 1. The number of amides is 4. The van der Waals surface area contributed by atoms with Crippen molar-refractivity contribution in [3.8, 4) is 0 Å². The second-order valence-electron chi connectivity index (χ2n) is 11.2. The van der Waals surface area contributed by atoms with Crippen molar-refractivity contribution in [2.45, 2.75) is 95.4 Å². The highest BCUT2D eigenvalue weighted by Gasteiger charge is 2.41. The van der Waals surface area contributed by atoms with Gasteiger partial charge in [0.05, 0.1) is 12.1 Å². The number of benzene rings is 1. The molecule has 2 aliphatic rings. The molecule has 2 aliphatic heterocycles. The number of nitrogens with zero attached hydrogens (tertiary/aromatic N) is 2. The standard InChI is InChI=1S/C30H42N5O7/c1-3-19(2)26(30(42)34-15-7-11-21(34)18-36)33-28(40)24-12-8-16-35(24)29(41)23(13-14-25(37)38)32-27(39)22(31)17-20-9-5-4-6-10-20/h4-6,9-10,19,21-24,26H,3,7-8,11-17,31H2,1-2H3,(H,32,39)(H,33,40)(H,37,38)/t19-,21-,22-,23-,24-,26-/m0/s1. The summed E-state index contributed by atoms with van der Waals surface area (Å²) < 4.78 is 0. The molecule has 2 saturated heterocycles. The van der Waals surface area contributed by atoms with E-state index in [2.05, 4.69) is 10.6 Å². The van der Waals surface area contributed by atoms with Crippen molar-refractivity contribution in [1.29, 1.82) is 0 Å². The number of aliphatic carboxylic acids is 1. The second-order valence-corrected chi connectivity index (χ2v) is 11.2. The molecule has 2 heterocycles. The lowest BCUT2D eigenvalue weighted by Crippen LogP contribution is -2.59. The van der Waals surface area contributed by atoms with Crippen LogP contribution < -0.4 is 16.4 Å². The Balaban J connectivity index is 1.73. The van der Waals surface area contributed by atoms with Crippen LogP contribution in [-0.4, -0.2) is 94.1 Å². The van der Waals surface area contributed by atoms with E-state index < -0.39 is 53.9 Å². The van der Waals surface area contributed by atoms with Crippen LogP contribution in [0.15, 0.2) is 30.3 Å². The lowest BCUT2D eigenvalue weighted by molar-refractivity contribution is -0.144. The summed E-state index contributed by atoms with van der Waals surface area (Å²) in [6.45, 7) is 4.38. The first-order chi connectivity index (χ1) is 20.1. The highest BCUT2D eigenvalue weighted by atomic mass is 16.4. The molecule has 5 N–H and O–H groups in total. The SMILES string of the molecule is CC[C@H](C)[C@H](NC(=O)[C@@H]1CCCN1C(=O)[C@H](CCC(=O)O)NC(=O)[C@@H](N)Cc1ccccc1)C(=O)N1CCC[C@H]1[C]=O. The van der Waals surface area contributed by atoms with Crippen LogP contribution in [0.3, 0.4) is 0 Å². The van der Waals surface area contributed by atoms with Crippen molar-refractivity contribution >= 4 is 35.9 Å². The number of carboxylic acids is 1. The lowest BCUT2D eigenvalue weighted by Gasteiger charge is -2.33. The summed E-state index contributed by atoms with van der Waals surface area (Å²) in [5.41, 5.74) is 6.94. The molecule has 6 atom stereocenters. The van der Waals surface area contributed by atoms with Crippen LogP contribution in [0.25, 0.3) is 0 Å². The summed E-state index contributed by atoms with van der Waals surface area (Å²) in [5.74, 6) is -3.39. The fourth-order valence-electron chi connectivity index (χ4n) is 5.53. The van der Waals surface area contributed by atoms with Crippen molar-refractivity contribution in [1.82, 2.24) is 20.4 Å². The number of nitrogens with one attached hydrogen (secondary N) is 2. The minimum atomic E-state index is -1.19. The lowest BCUT2D eigenvalue weighted by atomic mass is 9.96. The molecule has 0 unspecified atom stereocenters. The number of carboxylic acid groups (broad SMARTS) is 1. The van der Waals surface area contributed by atoms with E-state index in [4.69, 9.17) is 5.73 Å². The van der Waals surface area contributed by atoms with Crippen molar-refractivity contribution < 1.29 is 33.9 Å². The summed E-state index contributed by atoms with van der Waals surface area (Å²) in [6.07, 6.45) is 4.27. The molecule has 0 aromatic heterocycles. The van der Waals surface area contributed by atoms with Gasteiger partial charge in [0.1, 0.15) is 18.1 Å². The third-order valence-electron chi connectivity index (χ3n) is 8.18. The molecule has 4 amide bonds. The fraction of sp³-hybridized carbons (Fsp3) is 0.600. The number of carbonyl (C=O) groups is 5. The van der Waals surface area contributed by atoms with Crippen LogP contribution in [0.5, 0.6) is 0 Å². The minimum Gasteiger partial charge on any atom is -0.481 e. The zero-order valence-corrected chi connectivity index (χ0v) is 24.3. The van der Waals surface area contributed by atoms with E-state index in [1.807, 2.05) is 50.5 Å². The third kappa shape index (κ3) is 8.37. The van der Waals surface area contributed by atoms with E-state index in [1.54, 1.807) is 0 Å². The predicted molar refractivity (Wildman–Crippen MR) is 153 cm³/mol. The maximum atomic E-state index is 13.7. The molecule has 3 rings (SSSR count). The van der Waals surface area contributed by atoms with Gasteiger partial charge in [-0.15, -0.1) is 0 Å². The smallest absolute Gasteiger partial charge is 0.303 e. The highest BCUT2D eigenvalue weighted by molar-refractivity contribution is 5.96.